The average molecular weight is 297 g/mol. The summed E-state index contributed by atoms with van der Waals surface area (Å²) in [6.07, 6.45) is 0. The van der Waals surface area contributed by atoms with E-state index in [0.717, 1.165) is 0 Å². The fourth-order valence-electron chi connectivity index (χ4n) is 1.64. The lowest BCUT2D eigenvalue weighted by Gasteiger charge is -2.23. The lowest BCUT2D eigenvalue weighted by atomic mass is 10.2. The predicted molar refractivity (Wildman–Crippen MR) is 81.8 cm³/mol. The molecule has 3 amide bonds. The molecule has 0 spiro atoms. The summed E-state index contributed by atoms with van der Waals surface area (Å²) in [5, 5.41) is 7.03. The number of amides is 3. The molecule has 0 saturated heterocycles. The lowest BCUT2D eigenvalue weighted by Crippen LogP contribution is -2.49. The van der Waals surface area contributed by atoms with Crippen LogP contribution in [0.15, 0.2) is 11.4 Å². The van der Waals surface area contributed by atoms with Gasteiger partial charge in [-0.15, -0.1) is 11.3 Å². The third kappa shape index (κ3) is 4.94. The molecule has 1 unspecified atom stereocenters. The first-order valence-corrected chi connectivity index (χ1v) is 7.53. The SMILES string of the molecule is Cc1ccsc1CN(C)C(C)C(=O)NC(=O)NC(C)C. The van der Waals surface area contributed by atoms with E-state index in [1.165, 1.54) is 10.4 Å². The van der Waals surface area contributed by atoms with Gasteiger partial charge in [0.1, 0.15) is 0 Å². The maximum absolute atomic E-state index is 12.0. The number of aryl methyl sites for hydroxylation is 1. The van der Waals surface area contributed by atoms with Crippen molar-refractivity contribution in [2.75, 3.05) is 7.05 Å². The molecule has 1 rings (SSSR count). The summed E-state index contributed by atoms with van der Waals surface area (Å²) in [6, 6.07) is 1.26. The molecule has 0 aliphatic carbocycles. The maximum Gasteiger partial charge on any atom is 0.321 e. The van der Waals surface area contributed by atoms with Crippen LogP contribution in [-0.2, 0) is 11.3 Å². The first-order valence-electron chi connectivity index (χ1n) is 6.65. The minimum absolute atomic E-state index is 0.00426. The van der Waals surface area contributed by atoms with Gasteiger partial charge in [0.2, 0.25) is 5.91 Å². The molecule has 0 aliphatic heterocycles. The summed E-state index contributed by atoms with van der Waals surface area (Å²) in [5.41, 5.74) is 1.23. The van der Waals surface area contributed by atoms with E-state index in [9.17, 15) is 9.59 Å². The summed E-state index contributed by atoms with van der Waals surface area (Å²) in [4.78, 5) is 26.6. The summed E-state index contributed by atoms with van der Waals surface area (Å²) >= 11 is 1.68. The molecular formula is C14H23N3O2S. The number of rotatable bonds is 5. The van der Waals surface area contributed by atoms with Crippen LogP contribution in [0.1, 0.15) is 31.2 Å². The van der Waals surface area contributed by atoms with Gasteiger partial charge in [-0.05, 0) is 51.8 Å². The third-order valence-corrected chi connectivity index (χ3v) is 4.07. The molecule has 0 radical (unpaired) electrons. The smallest absolute Gasteiger partial charge is 0.321 e. The molecule has 20 heavy (non-hydrogen) atoms. The monoisotopic (exact) mass is 297 g/mol. The van der Waals surface area contributed by atoms with Crippen LogP contribution in [-0.4, -0.2) is 36.0 Å². The molecule has 2 N–H and O–H groups in total. The minimum Gasteiger partial charge on any atom is -0.336 e. The van der Waals surface area contributed by atoms with E-state index in [1.807, 2.05) is 31.2 Å². The van der Waals surface area contributed by atoms with E-state index in [2.05, 4.69) is 23.6 Å². The minimum atomic E-state index is -0.447. The van der Waals surface area contributed by atoms with Gasteiger partial charge in [0, 0.05) is 17.5 Å². The Bertz CT molecular complexity index is 471. The highest BCUT2D eigenvalue weighted by Crippen LogP contribution is 2.18. The first-order chi connectivity index (χ1) is 9.31. The molecule has 0 aliphatic rings. The van der Waals surface area contributed by atoms with E-state index in [1.54, 1.807) is 18.3 Å². The van der Waals surface area contributed by atoms with Crippen molar-refractivity contribution in [1.29, 1.82) is 0 Å². The summed E-state index contributed by atoms with van der Waals surface area (Å²) < 4.78 is 0. The molecule has 6 heteroatoms. The highest BCUT2D eigenvalue weighted by molar-refractivity contribution is 7.10. The normalized spacial score (nSPS) is 12.6. The molecule has 0 saturated carbocycles. The zero-order chi connectivity index (χ0) is 15.3. The number of likely N-dealkylation sites (N-methyl/N-ethyl adjacent to an activating group) is 1. The Morgan fingerprint density at radius 3 is 2.50 bits per heavy atom. The van der Waals surface area contributed by atoms with Gasteiger partial charge >= 0.3 is 6.03 Å². The standard InChI is InChI=1S/C14H23N3O2S/c1-9(2)15-14(19)16-13(18)11(4)17(5)8-12-10(3)6-7-20-12/h6-7,9,11H,8H2,1-5H3,(H2,15,16,18,19). The molecule has 1 atom stereocenters. The van der Waals surface area contributed by atoms with Gasteiger partial charge in [0.25, 0.3) is 0 Å². The van der Waals surface area contributed by atoms with Crippen molar-refractivity contribution in [2.45, 2.75) is 46.3 Å². The molecule has 0 fully saturated rings. The number of imide groups is 1. The van der Waals surface area contributed by atoms with Crippen molar-refractivity contribution in [3.05, 3.63) is 21.9 Å². The Labute approximate surface area is 124 Å². The molecule has 0 aromatic carbocycles. The van der Waals surface area contributed by atoms with Crippen molar-refractivity contribution in [3.8, 4) is 0 Å². The van der Waals surface area contributed by atoms with Gasteiger partial charge in [-0.1, -0.05) is 0 Å². The molecule has 1 heterocycles. The number of nitrogens with one attached hydrogen (secondary N) is 2. The van der Waals surface area contributed by atoms with Crippen molar-refractivity contribution >= 4 is 23.3 Å². The molecule has 1 aromatic heterocycles. The fraction of sp³-hybridized carbons (Fsp3) is 0.571. The third-order valence-electron chi connectivity index (χ3n) is 3.06. The van der Waals surface area contributed by atoms with Crippen LogP contribution in [0.3, 0.4) is 0 Å². The number of thiophene rings is 1. The molecule has 0 bridgehead atoms. The molecule has 112 valence electrons. The first kappa shape index (κ1) is 16.7. The second-order valence-corrected chi connectivity index (χ2v) is 6.24. The Kier molecular flexibility index (Phi) is 6.16. The van der Waals surface area contributed by atoms with Crippen LogP contribution in [0, 0.1) is 6.92 Å². The second kappa shape index (κ2) is 7.40. The molecular weight excluding hydrogens is 274 g/mol. The van der Waals surface area contributed by atoms with Crippen molar-refractivity contribution in [2.24, 2.45) is 0 Å². The second-order valence-electron chi connectivity index (χ2n) is 5.24. The highest BCUT2D eigenvalue weighted by atomic mass is 32.1. The number of carbonyl (C=O) groups is 2. The Morgan fingerprint density at radius 1 is 1.35 bits per heavy atom. The molecule has 1 aromatic rings. The van der Waals surface area contributed by atoms with Crippen LogP contribution < -0.4 is 10.6 Å². The van der Waals surface area contributed by atoms with Gasteiger partial charge in [0.05, 0.1) is 6.04 Å². The van der Waals surface area contributed by atoms with E-state index in [0.29, 0.717) is 6.54 Å². The summed E-state index contributed by atoms with van der Waals surface area (Å²) in [5.74, 6) is -0.292. The van der Waals surface area contributed by atoms with Crippen LogP contribution in [0.25, 0.3) is 0 Å². The number of nitrogens with zero attached hydrogens (tertiary/aromatic N) is 1. The maximum atomic E-state index is 12.0. The summed E-state index contributed by atoms with van der Waals surface area (Å²) in [6.45, 7) is 8.24. The zero-order valence-electron chi connectivity index (χ0n) is 12.7. The lowest BCUT2D eigenvalue weighted by molar-refractivity contribution is -0.124. The number of hydrogen-bond acceptors (Lipinski definition) is 4. The van der Waals surface area contributed by atoms with Crippen molar-refractivity contribution < 1.29 is 9.59 Å². The average Bonchev–Trinajstić information content (AvgIpc) is 2.72. The summed E-state index contributed by atoms with van der Waals surface area (Å²) in [7, 11) is 1.88. The molecule has 5 nitrogen and oxygen atoms in total. The van der Waals surface area contributed by atoms with E-state index in [-0.39, 0.29) is 18.0 Å². The largest absolute Gasteiger partial charge is 0.336 e. The fourth-order valence-corrected chi connectivity index (χ4v) is 2.61. The Hall–Kier alpha value is -1.40. The quantitative estimate of drug-likeness (QED) is 0.875. The Balaban J connectivity index is 2.51. The van der Waals surface area contributed by atoms with Crippen LogP contribution >= 0.6 is 11.3 Å². The van der Waals surface area contributed by atoms with Gasteiger partial charge < -0.3 is 5.32 Å². The topological polar surface area (TPSA) is 61.4 Å². The van der Waals surface area contributed by atoms with Gasteiger partial charge in [-0.3, -0.25) is 15.0 Å². The van der Waals surface area contributed by atoms with Gasteiger partial charge in [-0.2, -0.15) is 0 Å². The Morgan fingerprint density at radius 2 is 2.00 bits per heavy atom. The van der Waals surface area contributed by atoms with E-state index >= 15 is 0 Å². The van der Waals surface area contributed by atoms with Gasteiger partial charge in [0.15, 0.2) is 0 Å². The van der Waals surface area contributed by atoms with Crippen LogP contribution in [0.2, 0.25) is 0 Å². The zero-order valence-corrected chi connectivity index (χ0v) is 13.5. The van der Waals surface area contributed by atoms with E-state index in [4.69, 9.17) is 0 Å². The van der Waals surface area contributed by atoms with E-state index < -0.39 is 6.03 Å². The van der Waals surface area contributed by atoms with Crippen LogP contribution in [0.4, 0.5) is 4.79 Å². The number of carbonyl (C=O) groups excluding carboxylic acids is 2. The number of hydrogen-bond donors (Lipinski definition) is 2. The number of urea groups is 1. The van der Waals surface area contributed by atoms with Crippen molar-refractivity contribution in [1.82, 2.24) is 15.5 Å². The van der Waals surface area contributed by atoms with Gasteiger partial charge in [-0.25, -0.2) is 4.79 Å². The van der Waals surface area contributed by atoms with Crippen molar-refractivity contribution in [3.63, 3.8) is 0 Å². The van der Waals surface area contributed by atoms with Crippen LogP contribution in [0.5, 0.6) is 0 Å². The highest BCUT2D eigenvalue weighted by Gasteiger charge is 2.21. The predicted octanol–water partition coefficient (Wildman–Crippen LogP) is 2.11.